The number of rotatable bonds is 2. The second kappa shape index (κ2) is 8.36. The van der Waals surface area contributed by atoms with Crippen LogP contribution in [0.3, 0.4) is 0 Å². The third kappa shape index (κ3) is 4.65. The average Bonchev–Trinajstić information content (AvgIpc) is 3.11. The normalized spacial score (nSPS) is 11.1. The van der Waals surface area contributed by atoms with Gasteiger partial charge in [-0.3, -0.25) is 4.57 Å². The summed E-state index contributed by atoms with van der Waals surface area (Å²) in [6.45, 7) is 2.03. The predicted octanol–water partition coefficient (Wildman–Crippen LogP) is 5.77. The predicted molar refractivity (Wildman–Crippen MR) is 105 cm³/mol. The Hall–Kier alpha value is -3.68. The van der Waals surface area contributed by atoms with Gasteiger partial charge < -0.3 is 5.11 Å². The number of fused-ring (bicyclic) bond motifs is 1. The number of aliphatic carboxylic acids is 1. The van der Waals surface area contributed by atoms with Gasteiger partial charge in [-0.05, 0) is 54.4 Å². The Morgan fingerprint density at radius 2 is 1.67 bits per heavy atom. The van der Waals surface area contributed by atoms with Crippen molar-refractivity contribution in [3.05, 3.63) is 84.4 Å². The average molecular weight is 416 g/mol. The fourth-order valence-electron chi connectivity index (χ4n) is 2.95. The Kier molecular flexibility index (Phi) is 5.86. The zero-order valence-corrected chi connectivity index (χ0v) is 15.7. The van der Waals surface area contributed by atoms with Gasteiger partial charge in [0.25, 0.3) is 0 Å². The molecule has 0 aliphatic rings. The summed E-state index contributed by atoms with van der Waals surface area (Å²) in [4.78, 5) is 13.4. The molecule has 4 nitrogen and oxygen atoms in total. The highest BCUT2D eigenvalue weighted by atomic mass is 19.4. The molecule has 0 radical (unpaired) electrons. The summed E-state index contributed by atoms with van der Waals surface area (Å²) in [5.41, 5.74) is 5.89. The molecule has 0 saturated carbocycles. The van der Waals surface area contributed by atoms with Crippen molar-refractivity contribution in [1.82, 2.24) is 9.55 Å². The van der Waals surface area contributed by atoms with E-state index in [-0.39, 0.29) is 5.82 Å². The van der Waals surface area contributed by atoms with E-state index in [9.17, 15) is 17.6 Å². The number of para-hydroxylation sites is 1. The van der Waals surface area contributed by atoms with Crippen LogP contribution >= 0.6 is 0 Å². The number of carboxylic acids is 1. The van der Waals surface area contributed by atoms with Crippen LogP contribution < -0.4 is 0 Å². The Morgan fingerprint density at radius 1 is 1.00 bits per heavy atom. The van der Waals surface area contributed by atoms with E-state index in [1.807, 2.05) is 49.6 Å². The molecule has 4 rings (SSSR count). The van der Waals surface area contributed by atoms with Gasteiger partial charge in [-0.25, -0.2) is 14.2 Å². The van der Waals surface area contributed by atoms with Crippen LogP contribution in [0.25, 0.3) is 27.8 Å². The second-order valence-electron chi connectivity index (χ2n) is 6.44. The van der Waals surface area contributed by atoms with Crippen LogP contribution in [-0.2, 0) is 4.79 Å². The number of halogens is 4. The first kappa shape index (κ1) is 21.0. The van der Waals surface area contributed by atoms with E-state index < -0.39 is 12.1 Å². The van der Waals surface area contributed by atoms with Crippen LogP contribution in [0.4, 0.5) is 17.6 Å². The summed E-state index contributed by atoms with van der Waals surface area (Å²) in [6, 6.07) is 20.9. The van der Waals surface area contributed by atoms with Crippen LogP contribution in [0.5, 0.6) is 0 Å². The third-order valence-corrected chi connectivity index (χ3v) is 4.20. The van der Waals surface area contributed by atoms with E-state index in [4.69, 9.17) is 9.90 Å². The summed E-state index contributed by atoms with van der Waals surface area (Å²) >= 11 is 0. The maximum atomic E-state index is 13.7. The van der Waals surface area contributed by atoms with E-state index in [1.165, 1.54) is 6.07 Å². The Balaban J connectivity index is 0.000000318. The van der Waals surface area contributed by atoms with Crippen molar-refractivity contribution < 1.29 is 27.5 Å². The SMILES string of the molecule is Cc1cc(-c2cccc(F)c2)c2c(c1)ncn2-c1ccccc1.O=C(O)C(F)(F)F. The summed E-state index contributed by atoms with van der Waals surface area (Å²) in [5, 5.41) is 7.12. The molecule has 0 saturated heterocycles. The molecule has 0 fully saturated rings. The number of alkyl halides is 3. The van der Waals surface area contributed by atoms with E-state index in [0.29, 0.717) is 0 Å². The number of aromatic nitrogens is 2. The maximum Gasteiger partial charge on any atom is 0.490 e. The van der Waals surface area contributed by atoms with Gasteiger partial charge in [0, 0.05) is 11.3 Å². The number of carbonyl (C=O) groups is 1. The van der Waals surface area contributed by atoms with Crippen molar-refractivity contribution in [1.29, 1.82) is 0 Å². The molecule has 8 heteroatoms. The van der Waals surface area contributed by atoms with Gasteiger partial charge in [0.2, 0.25) is 0 Å². The molecule has 0 atom stereocenters. The first-order valence-electron chi connectivity index (χ1n) is 8.76. The lowest BCUT2D eigenvalue weighted by molar-refractivity contribution is -0.192. The quantitative estimate of drug-likeness (QED) is 0.422. The molecule has 0 bridgehead atoms. The fourth-order valence-corrected chi connectivity index (χ4v) is 2.95. The Bertz CT molecular complexity index is 1180. The van der Waals surface area contributed by atoms with Crippen LogP contribution in [-0.4, -0.2) is 26.8 Å². The van der Waals surface area contributed by atoms with E-state index in [2.05, 4.69) is 21.7 Å². The molecule has 0 spiro atoms. The van der Waals surface area contributed by atoms with Gasteiger partial charge in [-0.2, -0.15) is 13.2 Å². The van der Waals surface area contributed by atoms with Crippen molar-refractivity contribution in [2.75, 3.05) is 0 Å². The van der Waals surface area contributed by atoms with Crippen LogP contribution in [0.2, 0.25) is 0 Å². The number of hydrogen-bond donors (Lipinski definition) is 1. The molecule has 3 aromatic carbocycles. The van der Waals surface area contributed by atoms with E-state index in [0.717, 1.165) is 33.4 Å². The minimum absolute atomic E-state index is 0.233. The number of carboxylic acid groups (broad SMARTS) is 1. The van der Waals surface area contributed by atoms with Gasteiger partial charge in [-0.1, -0.05) is 30.3 Å². The van der Waals surface area contributed by atoms with Crippen molar-refractivity contribution >= 4 is 17.0 Å². The van der Waals surface area contributed by atoms with Crippen molar-refractivity contribution in [2.24, 2.45) is 0 Å². The molecule has 1 N–H and O–H groups in total. The van der Waals surface area contributed by atoms with Crippen LogP contribution in [0, 0.1) is 12.7 Å². The van der Waals surface area contributed by atoms with Crippen LogP contribution in [0.1, 0.15) is 5.56 Å². The molecular formula is C22H16F4N2O2. The highest BCUT2D eigenvalue weighted by molar-refractivity contribution is 5.94. The van der Waals surface area contributed by atoms with Crippen molar-refractivity contribution in [3.8, 4) is 16.8 Å². The monoisotopic (exact) mass is 416 g/mol. The summed E-state index contributed by atoms with van der Waals surface area (Å²) in [5.74, 6) is -2.99. The highest BCUT2D eigenvalue weighted by Crippen LogP contribution is 2.31. The molecule has 0 unspecified atom stereocenters. The van der Waals surface area contributed by atoms with Gasteiger partial charge in [-0.15, -0.1) is 0 Å². The van der Waals surface area contributed by atoms with Gasteiger partial charge in [0.15, 0.2) is 0 Å². The second-order valence-corrected chi connectivity index (χ2v) is 6.44. The topological polar surface area (TPSA) is 55.1 Å². The molecule has 0 aliphatic heterocycles. The maximum absolute atomic E-state index is 13.7. The lowest BCUT2D eigenvalue weighted by Crippen LogP contribution is -2.21. The Labute approximate surface area is 169 Å². The first-order chi connectivity index (χ1) is 14.2. The third-order valence-electron chi connectivity index (χ3n) is 4.20. The Morgan fingerprint density at radius 3 is 2.27 bits per heavy atom. The summed E-state index contributed by atoms with van der Waals surface area (Å²) in [7, 11) is 0. The fraction of sp³-hybridized carbons (Fsp3) is 0.0909. The lowest BCUT2D eigenvalue weighted by atomic mass is 10.0. The van der Waals surface area contributed by atoms with Crippen molar-refractivity contribution in [3.63, 3.8) is 0 Å². The molecule has 4 aromatic rings. The van der Waals surface area contributed by atoms with Gasteiger partial charge >= 0.3 is 12.1 Å². The van der Waals surface area contributed by atoms with E-state index in [1.54, 1.807) is 12.1 Å². The standard InChI is InChI=1S/C20H15FN2.C2HF3O2/c1-14-10-18(15-6-5-7-16(21)12-15)20-19(11-14)22-13-23(20)17-8-3-2-4-9-17;3-2(4,5)1(6)7/h2-13H,1H3;(H,6,7). The molecule has 1 aromatic heterocycles. The van der Waals surface area contributed by atoms with Gasteiger partial charge in [0.05, 0.1) is 11.0 Å². The number of benzene rings is 3. The smallest absolute Gasteiger partial charge is 0.475 e. The molecule has 0 aliphatic carbocycles. The number of hydrogen-bond acceptors (Lipinski definition) is 2. The molecule has 0 amide bonds. The summed E-state index contributed by atoms with van der Waals surface area (Å²) < 4.78 is 47.5. The molecule has 154 valence electrons. The summed E-state index contributed by atoms with van der Waals surface area (Å²) in [6.07, 6.45) is -3.26. The molecule has 1 heterocycles. The number of aryl methyl sites for hydroxylation is 1. The minimum atomic E-state index is -5.08. The number of nitrogens with zero attached hydrogens (tertiary/aromatic N) is 2. The van der Waals surface area contributed by atoms with Gasteiger partial charge in [0.1, 0.15) is 12.1 Å². The van der Waals surface area contributed by atoms with E-state index >= 15 is 0 Å². The first-order valence-corrected chi connectivity index (χ1v) is 8.76. The van der Waals surface area contributed by atoms with Crippen LogP contribution in [0.15, 0.2) is 73.1 Å². The molecular weight excluding hydrogens is 400 g/mol. The zero-order chi connectivity index (χ0) is 21.9. The van der Waals surface area contributed by atoms with Crippen molar-refractivity contribution in [2.45, 2.75) is 13.1 Å². The number of imidazole rings is 1. The highest BCUT2D eigenvalue weighted by Gasteiger charge is 2.38. The molecule has 30 heavy (non-hydrogen) atoms. The zero-order valence-electron chi connectivity index (χ0n) is 15.7. The lowest BCUT2D eigenvalue weighted by Gasteiger charge is -2.10. The largest absolute Gasteiger partial charge is 0.490 e. The minimum Gasteiger partial charge on any atom is -0.475 e.